The summed E-state index contributed by atoms with van der Waals surface area (Å²) in [6.45, 7) is 0. The van der Waals surface area contributed by atoms with Crippen LogP contribution in [0.3, 0.4) is 0 Å². The highest BCUT2D eigenvalue weighted by Crippen LogP contribution is 2.40. The number of fused-ring (bicyclic) bond motifs is 3. The van der Waals surface area contributed by atoms with Gasteiger partial charge in [-0.25, -0.2) is 9.97 Å². The van der Waals surface area contributed by atoms with Gasteiger partial charge in [0.05, 0.1) is 22.6 Å². The van der Waals surface area contributed by atoms with E-state index in [-0.39, 0.29) is 0 Å². The lowest BCUT2D eigenvalue weighted by Gasteiger charge is -2.15. The zero-order valence-corrected chi connectivity index (χ0v) is 30.7. The van der Waals surface area contributed by atoms with Crippen molar-refractivity contribution in [2.75, 3.05) is 0 Å². The SMILES string of the molecule is c1ccc(-c2cc(-c3ccccc3)cc(-c3cc(-c4ccc5c(ccc6nc(-c7ccccc7)cc(-c7ccccc7)c65)c4)cc(-c4ccccc4)n3)c2)cc1. The number of aromatic nitrogens is 2. The van der Waals surface area contributed by atoms with Crippen molar-refractivity contribution in [3.63, 3.8) is 0 Å². The average Bonchev–Trinajstić information content (AvgIpc) is 3.29. The van der Waals surface area contributed by atoms with Crippen LogP contribution in [0, 0.1) is 0 Å². The number of rotatable bonds is 7. The first-order chi connectivity index (χ1) is 27.7. The molecule has 10 rings (SSSR count). The van der Waals surface area contributed by atoms with Gasteiger partial charge in [0.25, 0.3) is 0 Å². The zero-order chi connectivity index (χ0) is 37.3. The highest BCUT2D eigenvalue weighted by Gasteiger charge is 2.16. The number of pyridine rings is 2. The Morgan fingerprint density at radius 3 is 1.25 bits per heavy atom. The molecule has 0 N–H and O–H groups in total. The molecule has 0 bridgehead atoms. The second kappa shape index (κ2) is 14.4. The van der Waals surface area contributed by atoms with Crippen molar-refractivity contribution >= 4 is 21.7 Å². The predicted octanol–water partition coefficient (Wildman–Crippen LogP) is 14.5. The van der Waals surface area contributed by atoms with Crippen LogP contribution in [-0.4, -0.2) is 9.97 Å². The van der Waals surface area contributed by atoms with E-state index in [0.29, 0.717) is 0 Å². The lowest BCUT2D eigenvalue weighted by atomic mass is 9.92. The van der Waals surface area contributed by atoms with E-state index in [1.54, 1.807) is 0 Å². The van der Waals surface area contributed by atoms with Gasteiger partial charge in [0.15, 0.2) is 0 Å². The molecule has 0 spiro atoms. The van der Waals surface area contributed by atoms with Crippen molar-refractivity contribution in [1.29, 1.82) is 0 Å². The molecule has 2 nitrogen and oxygen atoms in total. The van der Waals surface area contributed by atoms with Crippen LogP contribution < -0.4 is 0 Å². The molecule has 0 aliphatic carbocycles. The molecule has 0 aliphatic rings. The minimum Gasteiger partial charge on any atom is -0.248 e. The molecule has 2 heteroatoms. The molecule has 0 aliphatic heterocycles. The fourth-order valence-corrected chi connectivity index (χ4v) is 7.82. The van der Waals surface area contributed by atoms with E-state index in [4.69, 9.17) is 9.97 Å². The van der Waals surface area contributed by atoms with Gasteiger partial charge in [0.1, 0.15) is 0 Å². The molecule has 0 radical (unpaired) electrons. The summed E-state index contributed by atoms with van der Waals surface area (Å²) in [6, 6.07) is 77.6. The van der Waals surface area contributed by atoms with E-state index in [1.165, 1.54) is 33.0 Å². The molecule has 0 unspecified atom stereocenters. The van der Waals surface area contributed by atoms with Crippen LogP contribution >= 0.6 is 0 Å². The fourth-order valence-electron chi connectivity index (χ4n) is 7.82. The van der Waals surface area contributed by atoms with Crippen molar-refractivity contribution in [2.45, 2.75) is 0 Å². The van der Waals surface area contributed by atoms with E-state index < -0.39 is 0 Å². The molecule has 8 aromatic carbocycles. The van der Waals surface area contributed by atoms with E-state index in [9.17, 15) is 0 Å². The maximum atomic E-state index is 5.34. The summed E-state index contributed by atoms with van der Waals surface area (Å²) in [5.41, 5.74) is 16.3. The molecule has 0 amide bonds. The molecular weight excluding hydrogens is 677 g/mol. The molecular formula is C54H36N2. The second-order valence-corrected chi connectivity index (χ2v) is 14.2. The molecule has 262 valence electrons. The van der Waals surface area contributed by atoms with Gasteiger partial charge >= 0.3 is 0 Å². The van der Waals surface area contributed by atoms with Crippen molar-refractivity contribution in [3.05, 3.63) is 218 Å². The lowest BCUT2D eigenvalue weighted by Crippen LogP contribution is -1.93. The van der Waals surface area contributed by atoms with Gasteiger partial charge in [-0.3, -0.25) is 0 Å². The van der Waals surface area contributed by atoms with Gasteiger partial charge in [-0.05, 0) is 104 Å². The first-order valence-electron chi connectivity index (χ1n) is 19.1. The third-order valence-electron chi connectivity index (χ3n) is 10.6. The standard InChI is InChI=1S/C54H36N2/c1-6-16-37(17-7-1)44-31-45(38-18-8-2-9-19-38)33-47(32-44)52-35-46(34-51(56-52)40-22-12-4-13-23-40)42-26-28-48-43(30-42)27-29-50-54(48)49(39-20-10-3-11-21-39)36-53(55-50)41-24-14-5-15-25-41/h1-36H. The van der Waals surface area contributed by atoms with Gasteiger partial charge in [-0.2, -0.15) is 0 Å². The van der Waals surface area contributed by atoms with Gasteiger partial charge in [-0.15, -0.1) is 0 Å². The van der Waals surface area contributed by atoms with Gasteiger partial charge in [0, 0.05) is 22.1 Å². The van der Waals surface area contributed by atoms with Gasteiger partial charge < -0.3 is 0 Å². The Balaban J connectivity index is 1.16. The molecule has 56 heavy (non-hydrogen) atoms. The Morgan fingerprint density at radius 1 is 0.250 bits per heavy atom. The molecule has 0 saturated carbocycles. The third kappa shape index (κ3) is 6.44. The van der Waals surface area contributed by atoms with Crippen molar-refractivity contribution in [3.8, 4) is 78.3 Å². The summed E-state index contributed by atoms with van der Waals surface area (Å²) in [7, 11) is 0. The van der Waals surface area contributed by atoms with Gasteiger partial charge in [0.2, 0.25) is 0 Å². The summed E-state index contributed by atoms with van der Waals surface area (Å²) in [5.74, 6) is 0. The molecule has 0 saturated heterocycles. The number of benzene rings is 8. The van der Waals surface area contributed by atoms with Gasteiger partial charge in [-0.1, -0.05) is 170 Å². The Bertz CT molecular complexity index is 2920. The van der Waals surface area contributed by atoms with Crippen LogP contribution in [0.5, 0.6) is 0 Å². The Kier molecular flexibility index (Phi) is 8.55. The Hall–Kier alpha value is -7.42. The number of nitrogens with zero attached hydrogens (tertiary/aromatic N) is 2. The molecule has 0 atom stereocenters. The normalized spacial score (nSPS) is 11.2. The minimum atomic E-state index is 0.930. The topological polar surface area (TPSA) is 25.8 Å². The Morgan fingerprint density at radius 2 is 0.696 bits per heavy atom. The van der Waals surface area contributed by atoms with E-state index >= 15 is 0 Å². The molecule has 2 heterocycles. The summed E-state index contributed by atoms with van der Waals surface area (Å²) in [5, 5.41) is 3.50. The summed E-state index contributed by atoms with van der Waals surface area (Å²) >= 11 is 0. The van der Waals surface area contributed by atoms with Crippen LogP contribution in [0.2, 0.25) is 0 Å². The van der Waals surface area contributed by atoms with Crippen LogP contribution in [0.25, 0.3) is 100.0 Å². The Labute approximate surface area is 327 Å². The van der Waals surface area contributed by atoms with Crippen molar-refractivity contribution in [1.82, 2.24) is 9.97 Å². The smallest absolute Gasteiger partial charge is 0.0722 e. The highest BCUT2D eigenvalue weighted by molar-refractivity contribution is 6.14. The van der Waals surface area contributed by atoms with E-state index in [2.05, 4.69) is 212 Å². The van der Waals surface area contributed by atoms with Crippen LogP contribution in [0.1, 0.15) is 0 Å². The molecule has 0 fully saturated rings. The first-order valence-corrected chi connectivity index (χ1v) is 19.1. The largest absolute Gasteiger partial charge is 0.248 e. The van der Waals surface area contributed by atoms with Crippen molar-refractivity contribution in [2.24, 2.45) is 0 Å². The minimum absolute atomic E-state index is 0.930. The number of hydrogen-bond donors (Lipinski definition) is 0. The summed E-state index contributed by atoms with van der Waals surface area (Å²) in [4.78, 5) is 10.5. The lowest BCUT2D eigenvalue weighted by molar-refractivity contribution is 1.32. The summed E-state index contributed by atoms with van der Waals surface area (Å²) < 4.78 is 0. The fraction of sp³-hybridized carbons (Fsp3) is 0. The average molecular weight is 713 g/mol. The van der Waals surface area contributed by atoms with Crippen molar-refractivity contribution < 1.29 is 0 Å². The van der Waals surface area contributed by atoms with E-state index in [1.807, 2.05) is 6.07 Å². The zero-order valence-electron chi connectivity index (χ0n) is 30.7. The van der Waals surface area contributed by atoms with E-state index in [0.717, 1.165) is 66.9 Å². The molecule has 10 aromatic rings. The maximum absolute atomic E-state index is 5.34. The highest BCUT2D eigenvalue weighted by atomic mass is 14.7. The molecule has 2 aromatic heterocycles. The van der Waals surface area contributed by atoms with Crippen LogP contribution in [-0.2, 0) is 0 Å². The van der Waals surface area contributed by atoms with Crippen LogP contribution in [0.15, 0.2) is 218 Å². The predicted molar refractivity (Wildman–Crippen MR) is 235 cm³/mol. The quantitative estimate of drug-likeness (QED) is 0.154. The number of hydrogen-bond acceptors (Lipinski definition) is 2. The second-order valence-electron chi connectivity index (χ2n) is 14.2. The van der Waals surface area contributed by atoms with Crippen LogP contribution in [0.4, 0.5) is 0 Å². The maximum Gasteiger partial charge on any atom is 0.0722 e. The third-order valence-corrected chi connectivity index (χ3v) is 10.6. The first kappa shape index (κ1) is 33.2. The summed E-state index contributed by atoms with van der Waals surface area (Å²) in [6.07, 6.45) is 0. The monoisotopic (exact) mass is 712 g/mol.